The molecule has 13 heavy (non-hydrogen) atoms. The lowest BCUT2D eigenvalue weighted by Gasteiger charge is -2.17. The van der Waals surface area contributed by atoms with Gasteiger partial charge in [-0.2, -0.15) is 0 Å². The van der Waals surface area contributed by atoms with E-state index in [2.05, 4.69) is 18.8 Å². The van der Waals surface area contributed by atoms with E-state index in [1.54, 1.807) is 0 Å². The predicted octanol–water partition coefficient (Wildman–Crippen LogP) is 3.20. The Kier molecular flexibility index (Phi) is 8.26. The Morgan fingerprint density at radius 2 is 2.23 bits per heavy atom. The number of hydrogen-bond acceptors (Lipinski definition) is 2. The van der Waals surface area contributed by atoms with Gasteiger partial charge >= 0.3 is 0 Å². The van der Waals surface area contributed by atoms with Crippen LogP contribution in [0.25, 0.3) is 0 Å². The maximum absolute atomic E-state index is 3.81. The third kappa shape index (κ3) is 4.53. The predicted molar refractivity (Wildman–Crippen MR) is 64.2 cm³/mol. The van der Waals surface area contributed by atoms with Crippen molar-refractivity contribution in [2.75, 3.05) is 18.8 Å². The Bertz CT molecular complexity index is 173. The van der Waals surface area contributed by atoms with E-state index >= 15 is 0 Å². The molecule has 1 heterocycles. The van der Waals surface area contributed by atoms with E-state index in [0.29, 0.717) is 0 Å². The third-order valence-corrected chi connectivity index (χ3v) is 2.87. The number of hydrogen-bond donors (Lipinski definition) is 1. The first-order valence-corrected chi connectivity index (χ1v) is 6.05. The van der Waals surface area contributed by atoms with Gasteiger partial charge in [0, 0.05) is 13.1 Å². The van der Waals surface area contributed by atoms with Gasteiger partial charge in [-0.3, -0.25) is 0 Å². The molecule has 1 aliphatic rings. The molecule has 0 saturated heterocycles. The molecule has 0 radical (unpaired) electrons. The fourth-order valence-corrected chi connectivity index (χ4v) is 2.14. The molecule has 1 aliphatic heterocycles. The van der Waals surface area contributed by atoms with Crippen LogP contribution in [0.2, 0.25) is 0 Å². The molecule has 0 aromatic rings. The van der Waals surface area contributed by atoms with Gasteiger partial charge in [0.2, 0.25) is 0 Å². The van der Waals surface area contributed by atoms with Crippen LogP contribution in [-0.2, 0) is 0 Å². The van der Waals surface area contributed by atoms with Crippen LogP contribution in [-0.4, -0.2) is 18.8 Å². The highest BCUT2D eigenvalue weighted by Gasteiger charge is 2.08. The summed E-state index contributed by atoms with van der Waals surface area (Å²) in [5.41, 5.74) is 1.39. The molecule has 1 nitrogen and oxygen atoms in total. The van der Waals surface area contributed by atoms with Gasteiger partial charge in [0.1, 0.15) is 0 Å². The summed E-state index contributed by atoms with van der Waals surface area (Å²) in [7, 11) is 0. The van der Waals surface area contributed by atoms with Gasteiger partial charge in [0.25, 0.3) is 0 Å². The molecular formula is C11H21NS. The molecule has 0 amide bonds. The van der Waals surface area contributed by atoms with Crippen molar-refractivity contribution in [3.8, 4) is 0 Å². The smallest absolute Gasteiger partial charge is 0.0213 e. The van der Waals surface area contributed by atoms with E-state index in [0.717, 1.165) is 13.1 Å². The molecule has 0 saturated carbocycles. The SMILES string of the molecule is C=CC1=C(SCC)CCNC1.CC. The summed E-state index contributed by atoms with van der Waals surface area (Å²) in [6.07, 6.45) is 3.16. The minimum Gasteiger partial charge on any atom is -0.312 e. The van der Waals surface area contributed by atoms with Gasteiger partial charge in [-0.05, 0) is 22.7 Å². The van der Waals surface area contributed by atoms with Crippen LogP contribution in [0, 0.1) is 0 Å². The lowest BCUT2D eigenvalue weighted by Crippen LogP contribution is -2.23. The highest BCUT2D eigenvalue weighted by atomic mass is 32.2. The zero-order valence-electron chi connectivity index (χ0n) is 9.02. The van der Waals surface area contributed by atoms with Crippen molar-refractivity contribution in [2.24, 2.45) is 0 Å². The third-order valence-electron chi connectivity index (χ3n) is 1.77. The first-order valence-electron chi connectivity index (χ1n) is 5.06. The zero-order valence-corrected chi connectivity index (χ0v) is 9.84. The summed E-state index contributed by atoms with van der Waals surface area (Å²) in [5, 5.41) is 3.33. The summed E-state index contributed by atoms with van der Waals surface area (Å²) in [6, 6.07) is 0. The Hall–Kier alpha value is -0.210. The maximum atomic E-state index is 3.81. The largest absolute Gasteiger partial charge is 0.312 e. The second-order valence-electron chi connectivity index (χ2n) is 2.51. The van der Waals surface area contributed by atoms with E-state index in [9.17, 15) is 0 Å². The van der Waals surface area contributed by atoms with E-state index < -0.39 is 0 Å². The molecule has 1 N–H and O–H groups in total. The first-order chi connectivity index (χ1) is 6.38. The Labute approximate surface area is 86.7 Å². The number of rotatable bonds is 3. The maximum Gasteiger partial charge on any atom is 0.0213 e. The average molecular weight is 199 g/mol. The Balaban J connectivity index is 0.000000671. The lowest BCUT2D eigenvalue weighted by atomic mass is 10.1. The van der Waals surface area contributed by atoms with Crippen molar-refractivity contribution >= 4 is 11.8 Å². The summed E-state index contributed by atoms with van der Waals surface area (Å²) in [4.78, 5) is 1.53. The number of thioether (sulfide) groups is 1. The van der Waals surface area contributed by atoms with Crippen molar-refractivity contribution in [1.29, 1.82) is 0 Å². The Morgan fingerprint density at radius 3 is 2.77 bits per heavy atom. The van der Waals surface area contributed by atoms with Crippen molar-refractivity contribution in [1.82, 2.24) is 5.32 Å². The topological polar surface area (TPSA) is 12.0 Å². The summed E-state index contributed by atoms with van der Waals surface area (Å²) in [6.45, 7) is 12.1. The van der Waals surface area contributed by atoms with Crippen LogP contribution < -0.4 is 5.32 Å². The monoisotopic (exact) mass is 199 g/mol. The second-order valence-corrected chi connectivity index (χ2v) is 3.87. The van der Waals surface area contributed by atoms with Crippen LogP contribution in [0.4, 0.5) is 0 Å². The van der Waals surface area contributed by atoms with Crippen LogP contribution in [0.3, 0.4) is 0 Å². The van der Waals surface area contributed by atoms with Crippen molar-refractivity contribution in [2.45, 2.75) is 27.2 Å². The lowest BCUT2D eigenvalue weighted by molar-refractivity contribution is 0.706. The van der Waals surface area contributed by atoms with Crippen molar-refractivity contribution in [3.05, 3.63) is 23.1 Å². The van der Waals surface area contributed by atoms with Crippen molar-refractivity contribution < 1.29 is 0 Å². The molecule has 0 fully saturated rings. The molecule has 76 valence electrons. The van der Waals surface area contributed by atoms with E-state index in [-0.39, 0.29) is 0 Å². The highest BCUT2D eigenvalue weighted by Crippen LogP contribution is 2.25. The van der Waals surface area contributed by atoms with Crippen LogP contribution in [0.15, 0.2) is 23.1 Å². The molecule has 0 aromatic heterocycles. The molecule has 0 aliphatic carbocycles. The van der Waals surface area contributed by atoms with Gasteiger partial charge in [-0.15, -0.1) is 11.8 Å². The van der Waals surface area contributed by atoms with Gasteiger partial charge in [-0.25, -0.2) is 0 Å². The van der Waals surface area contributed by atoms with Crippen LogP contribution in [0.1, 0.15) is 27.2 Å². The van der Waals surface area contributed by atoms with Crippen LogP contribution in [0.5, 0.6) is 0 Å². The normalized spacial score (nSPS) is 16.2. The first kappa shape index (κ1) is 12.8. The molecule has 0 atom stereocenters. The molecule has 0 unspecified atom stereocenters. The molecule has 0 spiro atoms. The fraction of sp³-hybridized carbons (Fsp3) is 0.636. The summed E-state index contributed by atoms with van der Waals surface area (Å²) in [5.74, 6) is 1.17. The molecule has 0 bridgehead atoms. The molecule has 0 aromatic carbocycles. The fourth-order valence-electron chi connectivity index (χ4n) is 1.21. The van der Waals surface area contributed by atoms with E-state index in [4.69, 9.17) is 0 Å². The minimum atomic E-state index is 1.01. The quantitative estimate of drug-likeness (QED) is 0.749. The van der Waals surface area contributed by atoms with E-state index in [1.807, 2.05) is 31.7 Å². The zero-order chi connectivity index (χ0) is 10.1. The summed E-state index contributed by atoms with van der Waals surface area (Å²) >= 11 is 1.95. The van der Waals surface area contributed by atoms with Gasteiger partial charge in [-0.1, -0.05) is 33.4 Å². The molecular weight excluding hydrogens is 178 g/mol. The molecule has 2 heteroatoms. The highest BCUT2D eigenvalue weighted by molar-refractivity contribution is 8.03. The molecule has 1 rings (SSSR count). The minimum absolute atomic E-state index is 1.01. The van der Waals surface area contributed by atoms with Crippen molar-refractivity contribution in [3.63, 3.8) is 0 Å². The average Bonchev–Trinajstić information content (AvgIpc) is 2.22. The second kappa shape index (κ2) is 8.39. The summed E-state index contributed by atoms with van der Waals surface area (Å²) < 4.78 is 0. The van der Waals surface area contributed by atoms with Crippen LogP contribution >= 0.6 is 11.8 Å². The standard InChI is InChI=1S/C9H15NS.C2H6/c1-3-8-7-10-6-5-9(8)11-4-2;1-2/h3,10H,1,4-7H2,2H3;1-2H3. The van der Waals surface area contributed by atoms with Gasteiger partial charge < -0.3 is 5.32 Å². The van der Waals surface area contributed by atoms with E-state index in [1.165, 1.54) is 22.7 Å². The Morgan fingerprint density at radius 1 is 1.54 bits per heavy atom. The van der Waals surface area contributed by atoms with Gasteiger partial charge in [0.05, 0.1) is 0 Å². The number of nitrogens with one attached hydrogen (secondary N) is 1. The van der Waals surface area contributed by atoms with Gasteiger partial charge in [0.15, 0.2) is 0 Å².